The van der Waals surface area contributed by atoms with Gasteiger partial charge < -0.3 is 4.90 Å². The lowest BCUT2D eigenvalue weighted by Crippen LogP contribution is -2.59. The molecule has 0 radical (unpaired) electrons. The molecule has 3 nitrogen and oxygen atoms in total. The SMILES string of the molecule is O=C1CN2CCCC(C2)N1CCCc1ccccc1. The van der Waals surface area contributed by atoms with Crippen molar-refractivity contribution in [2.45, 2.75) is 31.7 Å². The van der Waals surface area contributed by atoms with E-state index < -0.39 is 0 Å². The number of aryl methyl sites for hydroxylation is 1. The first kappa shape index (κ1) is 12.7. The van der Waals surface area contributed by atoms with Crippen molar-refractivity contribution < 1.29 is 4.79 Å². The molecule has 1 amide bonds. The number of piperazine rings is 1. The molecular weight excluding hydrogens is 236 g/mol. The number of piperidine rings is 1. The number of rotatable bonds is 4. The summed E-state index contributed by atoms with van der Waals surface area (Å²) in [5.41, 5.74) is 1.37. The summed E-state index contributed by atoms with van der Waals surface area (Å²) in [6, 6.07) is 11.0. The van der Waals surface area contributed by atoms with Crippen LogP contribution < -0.4 is 0 Å². The number of fused-ring (bicyclic) bond motifs is 2. The van der Waals surface area contributed by atoms with Crippen molar-refractivity contribution in [2.24, 2.45) is 0 Å². The molecule has 0 spiro atoms. The smallest absolute Gasteiger partial charge is 0.237 e. The van der Waals surface area contributed by atoms with Gasteiger partial charge in [-0.2, -0.15) is 0 Å². The molecule has 0 aliphatic carbocycles. The summed E-state index contributed by atoms with van der Waals surface area (Å²) in [6.07, 6.45) is 4.58. The topological polar surface area (TPSA) is 23.6 Å². The van der Waals surface area contributed by atoms with E-state index >= 15 is 0 Å². The van der Waals surface area contributed by atoms with Crippen LogP contribution in [0.2, 0.25) is 0 Å². The number of hydrogen-bond acceptors (Lipinski definition) is 2. The average Bonchev–Trinajstić information content (AvgIpc) is 2.44. The number of amides is 1. The van der Waals surface area contributed by atoms with Crippen molar-refractivity contribution >= 4 is 5.91 Å². The monoisotopic (exact) mass is 258 g/mol. The van der Waals surface area contributed by atoms with Crippen molar-refractivity contribution in [3.8, 4) is 0 Å². The maximum atomic E-state index is 12.1. The quantitative estimate of drug-likeness (QED) is 0.824. The summed E-state index contributed by atoms with van der Waals surface area (Å²) in [6.45, 7) is 3.77. The molecule has 2 saturated heterocycles. The highest BCUT2D eigenvalue weighted by Gasteiger charge is 2.34. The highest BCUT2D eigenvalue weighted by Crippen LogP contribution is 2.21. The molecule has 1 aromatic carbocycles. The van der Waals surface area contributed by atoms with Gasteiger partial charge in [0.1, 0.15) is 0 Å². The summed E-state index contributed by atoms with van der Waals surface area (Å²) < 4.78 is 0. The first-order valence-electron chi connectivity index (χ1n) is 7.39. The minimum Gasteiger partial charge on any atom is -0.337 e. The highest BCUT2D eigenvalue weighted by atomic mass is 16.2. The van der Waals surface area contributed by atoms with Gasteiger partial charge in [-0.1, -0.05) is 30.3 Å². The molecule has 0 aromatic heterocycles. The van der Waals surface area contributed by atoms with Gasteiger partial charge in [0.05, 0.1) is 6.54 Å². The van der Waals surface area contributed by atoms with Gasteiger partial charge in [0.15, 0.2) is 0 Å². The Morgan fingerprint density at radius 2 is 2.05 bits per heavy atom. The molecule has 1 aromatic rings. The molecule has 2 fully saturated rings. The maximum Gasteiger partial charge on any atom is 0.237 e. The van der Waals surface area contributed by atoms with Crippen LogP contribution in [0.4, 0.5) is 0 Å². The average molecular weight is 258 g/mol. The largest absolute Gasteiger partial charge is 0.337 e. The Kier molecular flexibility index (Phi) is 3.83. The van der Waals surface area contributed by atoms with Gasteiger partial charge in [0.25, 0.3) is 0 Å². The van der Waals surface area contributed by atoms with Crippen molar-refractivity contribution in [3.63, 3.8) is 0 Å². The van der Waals surface area contributed by atoms with Crippen LogP contribution in [0.25, 0.3) is 0 Å². The van der Waals surface area contributed by atoms with Gasteiger partial charge in [-0.15, -0.1) is 0 Å². The molecule has 19 heavy (non-hydrogen) atoms. The summed E-state index contributed by atoms with van der Waals surface area (Å²) >= 11 is 0. The fourth-order valence-corrected chi connectivity index (χ4v) is 3.32. The van der Waals surface area contributed by atoms with Gasteiger partial charge in [0.2, 0.25) is 5.91 Å². The van der Waals surface area contributed by atoms with Gasteiger partial charge in [-0.3, -0.25) is 9.69 Å². The number of benzene rings is 1. The van der Waals surface area contributed by atoms with Crippen molar-refractivity contribution in [3.05, 3.63) is 35.9 Å². The van der Waals surface area contributed by atoms with E-state index in [2.05, 4.69) is 34.1 Å². The third kappa shape index (κ3) is 2.98. The lowest BCUT2D eigenvalue weighted by atomic mass is 10.00. The lowest BCUT2D eigenvalue weighted by Gasteiger charge is -2.44. The Balaban J connectivity index is 1.53. The zero-order valence-electron chi connectivity index (χ0n) is 11.4. The standard InChI is InChI=1S/C16H22N2O/c19-16-13-17-10-5-9-15(12-17)18(16)11-4-8-14-6-2-1-3-7-14/h1-3,6-7,15H,4-5,8-13H2. The predicted molar refractivity (Wildman–Crippen MR) is 75.9 cm³/mol. The van der Waals surface area contributed by atoms with Gasteiger partial charge in [0, 0.05) is 19.1 Å². The molecule has 102 valence electrons. The third-order valence-corrected chi connectivity index (χ3v) is 4.31. The second-order valence-corrected chi connectivity index (χ2v) is 5.71. The van der Waals surface area contributed by atoms with Gasteiger partial charge in [-0.25, -0.2) is 0 Å². The Labute approximate surface area is 115 Å². The van der Waals surface area contributed by atoms with Crippen LogP contribution in [0.3, 0.4) is 0 Å². The van der Waals surface area contributed by atoms with Gasteiger partial charge in [-0.05, 0) is 37.8 Å². The van der Waals surface area contributed by atoms with E-state index in [1.54, 1.807) is 0 Å². The Morgan fingerprint density at radius 3 is 2.89 bits per heavy atom. The molecule has 3 heteroatoms. The molecule has 0 N–H and O–H groups in total. The predicted octanol–water partition coefficient (Wildman–Crippen LogP) is 1.93. The van der Waals surface area contributed by atoms with Crippen LogP contribution in [-0.4, -0.2) is 47.9 Å². The van der Waals surface area contributed by atoms with Crippen LogP contribution >= 0.6 is 0 Å². The first-order chi connectivity index (χ1) is 9.33. The van der Waals surface area contributed by atoms with E-state index in [0.29, 0.717) is 18.5 Å². The second-order valence-electron chi connectivity index (χ2n) is 5.71. The van der Waals surface area contributed by atoms with Crippen LogP contribution in [-0.2, 0) is 11.2 Å². The van der Waals surface area contributed by atoms with Crippen molar-refractivity contribution in [2.75, 3.05) is 26.2 Å². The minimum atomic E-state index is 0.337. The molecule has 2 unspecified atom stereocenters. The maximum absolute atomic E-state index is 12.1. The molecule has 2 heterocycles. The molecule has 2 aliphatic heterocycles. The lowest BCUT2D eigenvalue weighted by molar-refractivity contribution is -0.142. The van der Waals surface area contributed by atoms with Crippen molar-refractivity contribution in [1.29, 1.82) is 0 Å². The van der Waals surface area contributed by atoms with Crippen LogP contribution in [0.15, 0.2) is 30.3 Å². The zero-order valence-corrected chi connectivity index (χ0v) is 11.4. The van der Waals surface area contributed by atoms with Crippen molar-refractivity contribution in [1.82, 2.24) is 9.80 Å². The van der Waals surface area contributed by atoms with Crippen LogP contribution in [0, 0.1) is 0 Å². The van der Waals surface area contributed by atoms with Gasteiger partial charge >= 0.3 is 0 Å². The Morgan fingerprint density at radius 1 is 1.21 bits per heavy atom. The fourth-order valence-electron chi connectivity index (χ4n) is 3.32. The molecule has 2 atom stereocenters. The summed E-state index contributed by atoms with van der Waals surface area (Å²) in [5.74, 6) is 0.337. The highest BCUT2D eigenvalue weighted by molar-refractivity contribution is 5.79. The number of carbonyl (C=O) groups excluding carboxylic acids is 1. The Bertz CT molecular complexity index is 432. The fraction of sp³-hybridized carbons (Fsp3) is 0.562. The molecule has 0 saturated carbocycles. The molecule has 2 bridgehead atoms. The first-order valence-corrected chi connectivity index (χ1v) is 7.39. The molecular formula is C16H22N2O. The minimum absolute atomic E-state index is 0.337. The van der Waals surface area contributed by atoms with E-state index in [1.165, 1.54) is 18.4 Å². The number of hydrogen-bond donors (Lipinski definition) is 0. The molecule has 3 rings (SSSR count). The third-order valence-electron chi connectivity index (χ3n) is 4.31. The van der Waals surface area contributed by atoms with E-state index in [1.807, 2.05) is 6.07 Å². The zero-order chi connectivity index (χ0) is 13.1. The summed E-state index contributed by atoms with van der Waals surface area (Å²) in [5, 5.41) is 0. The van der Waals surface area contributed by atoms with E-state index in [4.69, 9.17) is 0 Å². The van der Waals surface area contributed by atoms with Crippen LogP contribution in [0.5, 0.6) is 0 Å². The van der Waals surface area contributed by atoms with E-state index in [0.717, 1.165) is 32.5 Å². The summed E-state index contributed by atoms with van der Waals surface area (Å²) in [7, 11) is 0. The van der Waals surface area contributed by atoms with E-state index in [-0.39, 0.29) is 0 Å². The van der Waals surface area contributed by atoms with E-state index in [9.17, 15) is 4.79 Å². The second kappa shape index (κ2) is 5.74. The number of carbonyl (C=O) groups is 1. The summed E-state index contributed by atoms with van der Waals surface area (Å²) in [4.78, 5) is 16.6. The molecule has 2 aliphatic rings. The normalized spacial score (nSPS) is 26.5. The number of nitrogens with zero attached hydrogens (tertiary/aromatic N) is 2. The Hall–Kier alpha value is -1.35. The van der Waals surface area contributed by atoms with Crippen LogP contribution in [0.1, 0.15) is 24.8 Å².